The molecule has 3 saturated carbocycles. The largest absolute Gasteiger partial charge is 0.390 e. The number of carbonyl (C=O) groups excluding carboxylic acids is 2. The summed E-state index contributed by atoms with van der Waals surface area (Å²) in [6.07, 6.45) is 0.294. The molecule has 9 atom stereocenters. The lowest BCUT2D eigenvalue weighted by Gasteiger charge is -2.62. The SMILES string of the molecule is C[C@]12C[C@H](O)[C@@]3(F)[C@@H](C[C@H](F)C4=CC(=O)C=C[C@@]43C)[C@@H]1C[C@@H](CN(O)c1cccc(F)c1)[C@@H]2C(=O)SCF. The van der Waals surface area contributed by atoms with Crippen molar-refractivity contribution in [3.05, 3.63) is 53.9 Å². The quantitative estimate of drug-likeness (QED) is 0.377. The summed E-state index contributed by atoms with van der Waals surface area (Å²) < 4.78 is 60.1. The number of anilines is 1. The van der Waals surface area contributed by atoms with Gasteiger partial charge in [0, 0.05) is 23.8 Å². The number of benzene rings is 1. The van der Waals surface area contributed by atoms with E-state index in [0.717, 1.165) is 17.2 Å². The molecular weight excluding hydrogens is 522 g/mol. The van der Waals surface area contributed by atoms with Gasteiger partial charge in [-0.1, -0.05) is 30.8 Å². The summed E-state index contributed by atoms with van der Waals surface area (Å²) in [6.45, 7) is 3.14. The first kappa shape index (κ1) is 27.4. The van der Waals surface area contributed by atoms with E-state index in [2.05, 4.69) is 0 Å². The molecular formula is C28H31F4NO4S. The number of hydroxylamine groups is 1. The summed E-state index contributed by atoms with van der Waals surface area (Å²) in [7, 11) is 0. The molecule has 4 aliphatic rings. The second-order valence-electron chi connectivity index (χ2n) is 11.6. The third kappa shape index (κ3) is 3.89. The monoisotopic (exact) mass is 553 g/mol. The molecule has 3 fully saturated rings. The van der Waals surface area contributed by atoms with E-state index in [1.54, 1.807) is 6.92 Å². The summed E-state index contributed by atoms with van der Waals surface area (Å²) in [6, 6.07) is 4.31. The number of rotatable bonds is 5. The van der Waals surface area contributed by atoms with Crippen molar-refractivity contribution < 1.29 is 37.5 Å². The zero-order valence-electron chi connectivity index (χ0n) is 21.1. The van der Waals surface area contributed by atoms with Gasteiger partial charge in [0.1, 0.15) is 18.0 Å². The van der Waals surface area contributed by atoms with Crippen LogP contribution in [0.5, 0.6) is 0 Å². The van der Waals surface area contributed by atoms with E-state index in [9.17, 15) is 28.7 Å². The fourth-order valence-corrected chi connectivity index (χ4v) is 8.88. The number of ketones is 1. The lowest BCUT2D eigenvalue weighted by molar-refractivity contribution is -0.201. The molecule has 0 heterocycles. The molecule has 38 heavy (non-hydrogen) atoms. The molecule has 206 valence electrons. The Kier molecular flexibility index (Phi) is 6.84. The number of alkyl halides is 3. The Bertz CT molecular complexity index is 1210. The minimum atomic E-state index is -2.31. The number of carbonyl (C=O) groups is 2. The molecule has 10 heteroatoms. The van der Waals surface area contributed by atoms with Gasteiger partial charge in [0.25, 0.3) is 0 Å². The highest BCUT2D eigenvalue weighted by atomic mass is 32.2. The second kappa shape index (κ2) is 9.48. The van der Waals surface area contributed by atoms with E-state index in [4.69, 9.17) is 0 Å². The molecule has 0 saturated heterocycles. The van der Waals surface area contributed by atoms with Crippen LogP contribution in [0.15, 0.2) is 48.1 Å². The maximum atomic E-state index is 17.3. The molecule has 5 nitrogen and oxygen atoms in total. The van der Waals surface area contributed by atoms with Crippen molar-refractivity contribution in [3.8, 4) is 0 Å². The molecule has 1 aromatic carbocycles. The number of aliphatic hydroxyl groups excluding tert-OH is 1. The Balaban J connectivity index is 1.55. The van der Waals surface area contributed by atoms with Crippen LogP contribution in [0.2, 0.25) is 0 Å². The van der Waals surface area contributed by atoms with Gasteiger partial charge >= 0.3 is 0 Å². The summed E-state index contributed by atoms with van der Waals surface area (Å²) in [5.74, 6) is -4.02. The van der Waals surface area contributed by atoms with Gasteiger partial charge in [-0.15, -0.1) is 0 Å². The molecule has 0 radical (unpaired) electrons. The Morgan fingerprint density at radius 2 is 1.97 bits per heavy atom. The number of hydrogen-bond acceptors (Lipinski definition) is 6. The van der Waals surface area contributed by atoms with Crippen LogP contribution in [0.3, 0.4) is 0 Å². The van der Waals surface area contributed by atoms with Crippen LogP contribution in [0, 0.1) is 40.3 Å². The average Bonchev–Trinajstić information content (AvgIpc) is 3.13. The Morgan fingerprint density at radius 1 is 1.24 bits per heavy atom. The third-order valence-electron chi connectivity index (χ3n) is 9.77. The summed E-state index contributed by atoms with van der Waals surface area (Å²) >= 11 is 0.487. The number of halogens is 4. The Hall–Kier alpha value is -2.17. The minimum absolute atomic E-state index is 0.00852. The maximum Gasteiger partial charge on any atom is 0.195 e. The fourth-order valence-electron chi connectivity index (χ4n) is 8.14. The van der Waals surface area contributed by atoms with Gasteiger partial charge in [-0.2, -0.15) is 0 Å². The van der Waals surface area contributed by atoms with Crippen molar-refractivity contribution in [1.82, 2.24) is 0 Å². The predicted molar refractivity (Wildman–Crippen MR) is 135 cm³/mol. The van der Waals surface area contributed by atoms with Crippen LogP contribution in [0.1, 0.15) is 33.1 Å². The van der Waals surface area contributed by atoms with Crippen molar-refractivity contribution in [2.24, 2.45) is 34.5 Å². The molecule has 0 bridgehead atoms. The van der Waals surface area contributed by atoms with Crippen LogP contribution in [-0.4, -0.2) is 51.7 Å². The smallest absolute Gasteiger partial charge is 0.195 e. The number of hydrogen-bond donors (Lipinski definition) is 2. The van der Waals surface area contributed by atoms with Gasteiger partial charge in [-0.25, -0.2) is 17.6 Å². The molecule has 1 aromatic rings. The zero-order chi connectivity index (χ0) is 27.6. The molecule has 4 aliphatic carbocycles. The normalized spacial score (nSPS) is 41.7. The first-order chi connectivity index (χ1) is 17.9. The van der Waals surface area contributed by atoms with Crippen LogP contribution in [-0.2, 0) is 9.59 Å². The lowest BCUT2D eigenvalue weighted by Crippen LogP contribution is -2.68. The Morgan fingerprint density at radius 3 is 2.66 bits per heavy atom. The van der Waals surface area contributed by atoms with Crippen LogP contribution < -0.4 is 5.06 Å². The van der Waals surface area contributed by atoms with Crippen LogP contribution >= 0.6 is 11.8 Å². The summed E-state index contributed by atoms with van der Waals surface area (Å²) in [5.41, 5.74) is -4.69. The average molecular weight is 554 g/mol. The predicted octanol–water partition coefficient (Wildman–Crippen LogP) is 5.37. The number of thioether (sulfide) groups is 1. The van der Waals surface area contributed by atoms with E-state index in [-0.39, 0.29) is 37.1 Å². The molecule has 0 amide bonds. The molecule has 0 aliphatic heterocycles. The van der Waals surface area contributed by atoms with Crippen molar-refractivity contribution in [1.29, 1.82) is 0 Å². The number of fused-ring (bicyclic) bond motifs is 5. The van der Waals surface area contributed by atoms with Crippen molar-refractivity contribution in [2.45, 2.75) is 51.1 Å². The van der Waals surface area contributed by atoms with Gasteiger partial charge in [0.15, 0.2) is 16.6 Å². The molecule has 0 spiro atoms. The molecule has 2 N–H and O–H groups in total. The van der Waals surface area contributed by atoms with Gasteiger partial charge in [0.05, 0.1) is 11.8 Å². The van der Waals surface area contributed by atoms with E-state index < -0.39 is 75.2 Å². The first-order valence-electron chi connectivity index (χ1n) is 12.8. The van der Waals surface area contributed by atoms with Crippen LogP contribution in [0.4, 0.5) is 23.2 Å². The van der Waals surface area contributed by atoms with E-state index in [0.29, 0.717) is 11.8 Å². The topological polar surface area (TPSA) is 77.8 Å². The van der Waals surface area contributed by atoms with Gasteiger partial charge in [-0.05, 0) is 79.4 Å². The number of aliphatic hydroxyl groups is 1. The highest BCUT2D eigenvalue weighted by molar-refractivity contribution is 8.13. The summed E-state index contributed by atoms with van der Waals surface area (Å²) in [5, 5.41) is 22.5. The van der Waals surface area contributed by atoms with Gasteiger partial charge < -0.3 is 5.11 Å². The van der Waals surface area contributed by atoms with Crippen molar-refractivity contribution >= 4 is 28.3 Å². The van der Waals surface area contributed by atoms with Gasteiger partial charge in [-0.3, -0.25) is 19.9 Å². The summed E-state index contributed by atoms with van der Waals surface area (Å²) in [4.78, 5) is 25.3. The highest BCUT2D eigenvalue weighted by Crippen LogP contribution is 2.70. The maximum absolute atomic E-state index is 17.3. The van der Waals surface area contributed by atoms with E-state index in [1.165, 1.54) is 37.3 Å². The van der Waals surface area contributed by atoms with E-state index in [1.807, 2.05) is 0 Å². The van der Waals surface area contributed by atoms with Gasteiger partial charge in [0.2, 0.25) is 0 Å². The number of nitrogens with zero attached hydrogens (tertiary/aromatic N) is 1. The standard InChI is InChI=1S/C28H31F4NO4S/c1-26-12-23(35)28(32)20(11-22(31)21-10-18(34)6-7-27(21,28)2)19(26)8-15(24(26)25(36)38-14-29)13-33(37)17-5-3-4-16(30)9-17/h3-7,9-10,15,19-20,22-24,35,37H,8,11-14H2,1-2H3/t15-,19-,20-,22-,23-,24+,26-,27-,28-/m0/s1. The number of allylic oxidation sites excluding steroid dienone is 4. The fraction of sp³-hybridized carbons (Fsp3) is 0.571. The lowest BCUT2D eigenvalue weighted by atomic mass is 9.45. The molecule has 5 rings (SSSR count). The minimum Gasteiger partial charge on any atom is -0.390 e. The van der Waals surface area contributed by atoms with Crippen molar-refractivity contribution in [2.75, 3.05) is 17.6 Å². The molecule has 0 aromatic heterocycles. The second-order valence-corrected chi connectivity index (χ2v) is 12.5. The highest BCUT2D eigenvalue weighted by Gasteiger charge is 2.73. The van der Waals surface area contributed by atoms with Crippen molar-refractivity contribution in [3.63, 3.8) is 0 Å². The zero-order valence-corrected chi connectivity index (χ0v) is 21.9. The van der Waals surface area contributed by atoms with Crippen LogP contribution in [0.25, 0.3) is 0 Å². The molecule has 0 unspecified atom stereocenters. The third-order valence-corrected chi connectivity index (χ3v) is 10.4. The first-order valence-corrected chi connectivity index (χ1v) is 13.8. The van der Waals surface area contributed by atoms with E-state index >= 15 is 8.78 Å². The Labute approximate surface area is 222 Å².